The Morgan fingerprint density at radius 2 is 2.20 bits per heavy atom. The molecule has 0 aliphatic heterocycles. The molecule has 2 aromatic rings. The molecule has 2 rings (SSSR count). The standard InChI is InChI=1S/C14H15IO4S/c1-3-6-18-13(16)8-12-14(20(2)17)10-7-9(15)4-5-11(10)19-12/h4-5,7H,3,6,8H2,1-2H3/t20-/m1/s1. The van der Waals surface area contributed by atoms with Crippen molar-refractivity contribution < 1.29 is 18.2 Å². The van der Waals surface area contributed by atoms with Crippen molar-refractivity contribution in [2.75, 3.05) is 12.9 Å². The molecule has 4 nitrogen and oxygen atoms in total. The van der Waals surface area contributed by atoms with E-state index < -0.39 is 10.8 Å². The minimum atomic E-state index is -1.22. The highest BCUT2D eigenvalue weighted by Gasteiger charge is 2.20. The molecule has 20 heavy (non-hydrogen) atoms. The summed E-state index contributed by atoms with van der Waals surface area (Å²) in [6.45, 7) is 2.32. The molecule has 6 heteroatoms. The average molecular weight is 406 g/mol. The number of carbonyl (C=O) groups is 1. The van der Waals surface area contributed by atoms with Gasteiger partial charge in [-0.25, -0.2) is 0 Å². The normalized spacial score (nSPS) is 12.6. The van der Waals surface area contributed by atoms with E-state index in [-0.39, 0.29) is 12.4 Å². The Morgan fingerprint density at radius 3 is 2.85 bits per heavy atom. The lowest BCUT2D eigenvalue weighted by molar-refractivity contribution is -0.143. The first-order valence-electron chi connectivity index (χ1n) is 6.23. The predicted molar refractivity (Wildman–Crippen MR) is 86.2 cm³/mol. The van der Waals surface area contributed by atoms with E-state index in [9.17, 15) is 9.00 Å². The lowest BCUT2D eigenvalue weighted by Crippen LogP contribution is -2.09. The highest BCUT2D eigenvalue weighted by molar-refractivity contribution is 14.1. The van der Waals surface area contributed by atoms with Gasteiger partial charge in [-0.05, 0) is 47.2 Å². The maximum absolute atomic E-state index is 11.9. The molecule has 0 bridgehead atoms. The van der Waals surface area contributed by atoms with Crippen molar-refractivity contribution in [2.24, 2.45) is 0 Å². The number of benzene rings is 1. The van der Waals surface area contributed by atoms with E-state index in [1.165, 1.54) is 0 Å². The Kier molecular flexibility index (Phi) is 5.20. The minimum absolute atomic E-state index is 0.0141. The van der Waals surface area contributed by atoms with Crippen LogP contribution in [-0.2, 0) is 26.8 Å². The number of furan rings is 1. The topological polar surface area (TPSA) is 56.5 Å². The summed E-state index contributed by atoms with van der Waals surface area (Å²) in [6, 6.07) is 5.65. The van der Waals surface area contributed by atoms with Crippen LogP contribution in [0.4, 0.5) is 0 Å². The van der Waals surface area contributed by atoms with Crippen LogP contribution in [-0.4, -0.2) is 23.0 Å². The van der Waals surface area contributed by atoms with Gasteiger partial charge >= 0.3 is 5.97 Å². The second-order valence-electron chi connectivity index (χ2n) is 4.35. The van der Waals surface area contributed by atoms with Gasteiger partial charge in [-0.1, -0.05) is 6.92 Å². The summed E-state index contributed by atoms with van der Waals surface area (Å²) in [6.07, 6.45) is 2.38. The van der Waals surface area contributed by atoms with Crippen LogP contribution in [0.15, 0.2) is 27.5 Å². The van der Waals surface area contributed by atoms with Crippen LogP contribution >= 0.6 is 22.6 Å². The van der Waals surface area contributed by atoms with Crippen LogP contribution in [0.25, 0.3) is 11.0 Å². The number of halogens is 1. The van der Waals surface area contributed by atoms with Gasteiger partial charge < -0.3 is 9.15 Å². The Balaban J connectivity index is 2.39. The highest BCUT2D eigenvalue weighted by Crippen LogP contribution is 2.30. The first-order chi connectivity index (χ1) is 9.52. The number of hydrogen-bond acceptors (Lipinski definition) is 4. The Labute approximate surface area is 133 Å². The van der Waals surface area contributed by atoms with Gasteiger partial charge in [0.15, 0.2) is 0 Å². The zero-order valence-electron chi connectivity index (χ0n) is 11.3. The van der Waals surface area contributed by atoms with Gasteiger partial charge in [-0.3, -0.25) is 9.00 Å². The number of carbonyl (C=O) groups excluding carboxylic acids is 1. The largest absolute Gasteiger partial charge is 0.465 e. The maximum atomic E-state index is 11.9. The molecule has 0 spiro atoms. The van der Waals surface area contributed by atoms with Gasteiger partial charge in [0.25, 0.3) is 0 Å². The molecule has 0 aliphatic carbocycles. The summed E-state index contributed by atoms with van der Waals surface area (Å²) in [4.78, 5) is 12.3. The van der Waals surface area contributed by atoms with Crippen molar-refractivity contribution in [3.8, 4) is 0 Å². The molecule has 0 saturated carbocycles. The molecule has 0 unspecified atom stereocenters. The molecule has 1 aromatic carbocycles. The third kappa shape index (κ3) is 3.41. The summed E-state index contributed by atoms with van der Waals surface area (Å²) in [5.74, 6) is 0.0799. The van der Waals surface area contributed by atoms with E-state index in [1.807, 2.05) is 25.1 Å². The van der Waals surface area contributed by atoms with Gasteiger partial charge in [0.1, 0.15) is 17.8 Å². The molecular formula is C14H15IO4S. The van der Waals surface area contributed by atoms with E-state index in [2.05, 4.69) is 22.6 Å². The van der Waals surface area contributed by atoms with Crippen LogP contribution in [0.3, 0.4) is 0 Å². The Morgan fingerprint density at radius 1 is 1.45 bits per heavy atom. The van der Waals surface area contributed by atoms with Crippen LogP contribution in [0.5, 0.6) is 0 Å². The monoisotopic (exact) mass is 406 g/mol. The molecule has 0 fully saturated rings. The van der Waals surface area contributed by atoms with Gasteiger partial charge in [0, 0.05) is 15.2 Å². The molecule has 0 amide bonds. The molecule has 0 N–H and O–H groups in total. The van der Waals surface area contributed by atoms with Crippen LogP contribution in [0.2, 0.25) is 0 Å². The molecular weight excluding hydrogens is 391 g/mol. The smallest absolute Gasteiger partial charge is 0.313 e. The van der Waals surface area contributed by atoms with Gasteiger partial charge in [0.05, 0.1) is 22.3 Å². The van der Waals surface area contributed by atoms with Gasteiger partial charge in [0.2, 0.25) is 0 Å². The number of fused-ring (bicyclic) bond motifs is 1. The second-order valence-corrected chi connectivity index (χ2v) is 6.91. The Bertz CT molecular complexity index is 662. The number of hydrogen-bond donors (Lipinski definition) is 0. The van der Waals surface area contributed by atoms with E-state index in [0.29, 0.717) is 22.8 Å². The molecule has 1 atom stereocenters. The number of ether oxygens (including phenoxy) is 1. The zero-order chi connectivity index (χ0) is 14.7. The second kappa shape index (κ2) is 6.71. The van der Waals surface area contributed by atoms with Crippen molar-refractivity contribution >= 4 is 50.3 Å². The third-order valence-electron chi connectivity index (χ3n) is 2.73. The maximum Gasteiger partial charge on any atom is 0.313 e. The van der Waals surface area contributed by atoms with Gasteiger partial charge in [-0.15, -0.1) is 0 Å². The average Bonchev–Trinajstić information content (AvgIpc) is 2.73. The molecule has 1 heterocycles. The van der Waals surface area contributed by atoms with Crippen molar-refractivity contribution in [3.05, 3.63) is 27.5 Å². The molecule has 108 valence electrons. The quantitative estimate of drug-likeness (QED) is 0.565. The lowest BCUT2D eigenvalue weighted by Gasteiger charge is -2.02. The van der Waals surface area contributed by atoms with Crippen LogP contribution in [0.1, 0.15) is 19.1 Å². The summed E-state index contributed by atoms with van der Waals surface area (Å²) in [5, 5.41) is 0.802. The molecule has 0 aliphatic rings. The first kappa shape index (κ1) is 15.5. The predicted octanol–water partition coefficient (Wildman–Crippen LogP) is 3.27. The number of esters is 1. The highest BCUT2D eigenvalue weighted by atomic mass is 127. The van der Waals surface area contributed by atoms with Crippen LogP contribution < -0.4 is 0 Å². The van der Waals surface area contributed by atoms with Crippen molar-refractivity contribution in [1.82, 2.24) is 0 Å². The van der Waals surface area contributed by atoms with E-state index in [1.54, 1.807) is 6.26 Å². The minimum Gasteiger partial charge on any atom is -0.465 e. The fourth-order valence-corrected chi connectivity index (χ4v) is 3.32. The lowest BCUT2D eigenvalue weighted by atomic mass is 10.2. The summed E-state index contributed by atoms with van der Waals surface area (Å²) in [7, 11) is -1.22. The number of rotatable bonds is 5. The summed E-state index contributed by atoms with van der Waals surface area (Å²) in [5.41, 5.74) is 0.647. The molecule has 1 aromatic heterocycles. The van der Waals surface area contributed by atoms with Crippen molar-refractivity contribution in [2.45, 2.75) is 24.7 Å². The first-order valence-corrected chi connectivity index (χ1v) is 8.86. The third-order valence-corrected chi connectivity index (χ3v) is 4.43. The van der Waals surface area contributed by atoms with Gasteiger partial charge in [-0.2, -0.15) is 0 Å². The molecule has 0 radical (unpaired) electrons. The zero-order valence-corrected chi connectivity index (χ0v) is 14.2. The SMILES string of the molecule is CCCOC(=O)Cc1oc2ccc(I)cc2c1[S@@](C)=O. The van der Waals surface area contributed by atoms with Crippen molar-refractivity contribution in [1.29, 1.82) is 0 Å². The van der Waals surface area contributed by atoms with E-state index >= 15 is 0 Å². The fraction of sp³-hybridized carbons (Fsp3) is 0.357. The van der Waals surface area contributed by atoms with Crippen molar-refractivity contribution in [3.63, 3.8) is 0 Å². The van der Waals surface area contributed by atoms with E-state index in [4.69, 9.17) is 9.15 Å². The van der Waals surface area contributed by atoms with Crippen LogP contribution in [0, 0.1) is 3.57 Å². The Hall–Kier alpha value is -0.890. The van der Waals surface area contributed by atoms with E-state index in [0.717, 1.165) is 15.4 Å². The summed E-state index contributed by atoms with van der Waals surface area (Å²) < 4.78 is 23.7. The summed E-state index contributed by atoms with van der Waals surface area (Å²) >= 11 is 2.19. The fourth-order valence-electron chi connectivity index (χ4n) is 1.93. The molecule has 0 saturated heterocycles.